The minimum Gasteiger partial charge on any atom is -0.481 e. The second-order valence-electron chi connectivity index (χ2n) is 9.20. The van der Waals surface area contributed by atoms with Crippen LogP contribution in [-0.4, -0.2) is 73.0 Å². The maximum absolute atomic E-state index is 13.3. The van der Waals surface area contributed by atoms with Crippen molar-refractivity contribution in [2.45, 2.75) is 32.1 Å². The number of carbonyl (C=O) groups is 3. The summed E-state index contributed by atoms with van der Waals surface area (Å²) in [6.45, 7) is 2.62. The molecule has 1 aromatic rings. The highest BCUT2D eigenvalue weighted by atomic mass is 35.5. The standard InChI is InChI=1S/C24H30ClN3O5/c1-32-20-14-16(13-19(25)26-20)21(29)27-10-7-24(8-11-27)9-12-28(15-24)22(30)17-5-3-4-6-18(17)23(31)33-2/h3-4,13-14,17-18H,5-12,15H2,1-2H3. The molecule has 2 unspecified atom stereocenters. The van der Waals surface area contributed by atoms with Gasteiger partial charge in [0.2, 0.25) is 11.8 Å². The van der Waals surface area contributed by atoms with Crippen LogP contribution in [0.5, 0.6) is 5.88 Å². The molecule has 0 N–H and O–H groups in total. The van der Waals surface area contributed by atoms with Crippen LogP contribution < -0.4 is 4.74 Å². The maximum Gasteiger partial charge on any atom is 0.309 e. The van der Waals surface area contributed by atoms with Gasteiger partial charge in [-0.25, -0.2) is 4.98 Å². The molecular formula is C24H30ClN3O5. The zero-order valence-corrected chi connectivity index (χ0v) is 19.8. The van der Waals surface area contributed by atoms with Crippen LogP contribution in [0.3, 0.4) is 0 Å². The van der Waals surface area contributed by atoms with Gasteiger partial charge in [-0.05, 0) is 43.6 Å². The molecule has 178 valence electrons. The fourth-order valence-electron chi connectivity index (χ4n) is 5.33. The molecule has 0 radical (unpaired) electrons. The van der Waals surface area contributed by atoms with Gasteiger partial charge in [-0.3, -0.25) is 14.4 Å². The summed E-state index contributed by atoms with van der Waals surface area (Å²) in [7, 11) is 2.86. The molecule has 0 aromatic carbocycles. The summed E-state index contributed by atoms with van der Waals surface area (Å²) in [5.41, 5.74) is 0.482. The molecule has 2 atom stereocenters. The van der Waals surface area contributed by atoms with Crippen LogP contribution in [0.2, 0.25) is 5.15 Å². The van der Waals surface area contributed by atoms with Crippen LogP contribution in [-0.2, 0) is 14.3 Å². The average Bonchev–Trinajstić information content (AvgIpc) is 3.26. The first-order valence-electron chi connectivity index (χ1n) is 11.4. The number of nitrogens with zero attached hydrogens (tertiary/aromatic N) is 3. The van der Waals surface area contributed by atoms with E-state index in [1.54, 1.807) is 12.1 Å². The zero-order valence-electron chi connectivity index (χ0n) is 19.1. The molecule has 3 heterocycles. The molecule has 1 spiro atoms. The van der Waals surface area contributed by atoms with Crippen molar-refractivity contribution in [1.29, 1.82) is 0 Å². The van der Waals surface area contributed by atoms with Gasteiger partial charge in [-0.2, -0.15) is 0 Å². The molecule has 9 heteroatoms. The number of likely N-dealkylation sites (tertiary alicyclic amines) is 2. The lowest BCUT2D eigenvalue weighted by atomic mass is 9.77. The van der Waals surface area contributed by atoms with Crippen molar-refractivity contribution in [2.75, 3.05) is 40.4 Å². The Morgan fingerprint density at radius 1 is 1.00 bits per heavy atom. The van der Waals surface area contributed by atoms with Gasteiger partial charge in [0.25, 0.3) is 5.91 Å². The molecule has 0 saturated carbocycles. The van der Waals surface area contributed by atoms with Gasteiger partial charge in [0.05, 0.1) is 26.1 Å². The first kappa shape index (κ1) is 23.5. The van der Waals surface area contributed by atoms with Gasteiger partial charge in [0.15, 0.2) is 0 Å². The Kier molecular flexibility index (Phi) is 6.93. The summed E-state index contributed by atoms with van der Waals surface area (Å²) in [6.07, 6.45) is 7.65. The predicted octanol–water partition coefficient (Wildman–Crippen LogP) is 2.95. The number of ether oxygens (including phenoxy) is 2. The smallest absolute Gasteiger partial charge is 0.309 e. The van der Waals surface area contributed by atoms with Crippen LogP contribution in [0.4, 0.5) is 0 Å². The minimum absolute atomic E-state index is 0.0191. The highest BCUT2D eigenvalue weighted by molar-refractivity contribution is 6.29. The van der Waals surface area contributed by atoms with Crippen LogP contribution in [0.25, 0.3) is 0 Å². The van der Waals surface area contributed by atoms with Crippen LogP contribution in [0.1, 0.15) is 42.5 Å². The second kappa shape index (κ2) is 9.71. The summed E-state index contributed by atoms with van der Waals surface area (Å²) >= 11 is 6.03. The fraction of sp³-hybridized carbons (Fsp3) is 0.583. The number of methoxy groups -OCH3 is 2. The van der Waals surface area contributed by atoms with E-state index in [4.69, 9.17) is 21.1 Å². The average molecular weight is 476 g/mol. The van der Waals surface area contributed by atoms with E-state index in [9.17, 15) is 14.4 Å². The Bertz CT molecular complexity index is 957. The number of amides is 2. The number of piperidine rings is 1. The van der Waals surface area contributed by atoms with E-state index in [1.807, 2.05) is 22.0 Å². The Labute approximate surface area is 198 Å². The summed E-state index contributed by atoms with van der Waals surface area (Å²) in [5, 5.41) is 0.221. The van der Waals surface area contributed by atoms with Crippen molar-refractivity contribution in [3.8, 4) is 5.88 Å². The lowest BCUT2D eigenvalue weighted by molar-refractivity contribution is -0.153. The third kappa shape index (κ3) is 4.86. The van der Waals surface area contributed by atoms with Gasteiger partial charge in [0, 0.05) is 37.8 Å². The monoisotopic (exact) mass is 475 g/mol. The summed E-state index contributed by atoms with van der Waals surface area (Å²) in [4.78, 5) is 46.3. The lowest BCUT2D eigenvalue weighted by Crippen LogP contribution is -2.46. The predicted molar refractivity (Wildman–Crippen MR) is 122 cm³/mol. The normalized spacial score (nSPS) is 24.1. The molecule has 1 aliphatic carbocycles. The van der Waals surface area contributed by atoms with Gasteiger partial charge >= 0.3 is 5.97 Å². The first-order chi connectivity index (χ1) is 15.9. The van der Waals surface area contributed by atoms with E-state index < -0.39 is 5.92 Å². The van der Waals surface area contributed by atoms with Gasteiger partial charge in [-0.15, -0.1) is 0 Å². The molecule has 3 aliphatic rings. The number of halogens is 1. The van der Waals surface area contributed by atoms with Crippen molar-refractivity contribution >= 4 is 29.4 Å². The molecule has 33 heavy (non-hydrogen) atoms. The number of esters is 1. The van der Waals surface area contributed by atoms with E-state index >= 15 is 0 Å². The molecular weight excluding hydrogens is 446 g/mol. The molecule has 2 fully saturated rings. The summed E-state index contributed by atoms with van der Waals surface area (Å²) < 4.78 is 10.1. The summed E-state index contributed by atoms with van der Waals surface area (Å²) in [6, 6.07) is 3.16. The van der Waals surface area contributed by atoms with Crippen molar-refractivity contribution in [1.82, 2.24) is 14.8 Å². The third-order valence-electron chi connectivity index (χ3n) is 7.34. The van der Waals surface area contributed by atoms with E-state index in [1.165, 1.54) is 14.2 Å². The molecule has 8 nitrogen and oxygen atoms in total. The Balaban J connectivity index is 1.37. The number of allylic oxidation sites excluding steroid dienone is 2. The van der Waals surface area contributed by atoms with Crippen LogP contribution in [0, 0.1) is 17.3 Å². The second-order valence-corrected chi connectivity index (χ2v) is 9.59. The highest BCUT2D eigenvalue weighted by Crippen LogP contribution is 2.42. The number of aromatic nitrogens is 1. The molecule has 2 amide bonds. The lowest BCUT2D eigenvalue weighted by Gasteiger charge is -2.39. The maximum atomic E-state index is 13.3. The van der Waals surface area contributed by atoms with Crippen LogP contribution >= 0.6 is 11.6 Å². The summed E-state index contributed by atoms with van der Waals surface area (Å²) in [5.74, 6) is -0.811. The highest BCUT2D eigenvalue weighted by Gasteiger charge is 2.45. The molecule has 2 saturated heterocycles. The Hall–Kier alpha value is -2.61. The fourth-order valence-corrected chi connectivity index (χ4v) is 5.53. The number of pyridine rings is 1. The first-order valence-corrected chi connectivity index (χ1v) is 11.8. The topological polar surface area (TPSA) is 89.0 Å². The van der Waals surface area contributed by atoms with E-state index in [0.717, 1.165) is 19.3 Å². The SMILES string of the molecule is COC(=O)C1CC=CCC1C(=O)N1CCC2(CCN(C(=O)c3cc(Cl)nc(OC)c3)CC2)C1. The number of hydrogen-bond acceptors (Lipinski definition) is 6. The molecule has 4 rings (SSSR count). The van der Waals surface area contributed by atoms with E-state index in [2.05, 4.69) is 4.98 Å². The number of carbonyl (C=O) groups excluding carboxylic acids is 3. The minimum atomic E-state index is -0.410. The zero-order chi connectivity index (χ0) is 23.6. The van der Waals surface area contributed by atoms with E-state index in [-0.39, 0.29) is 34.3 Å². The molecule has 2 aliphatic heterocycles. The third-order valence-corrected chi connectivity index (χ3v) is 7.54. The Morgan fingerprint density at radius 2 is 1.64 bits per heavy atom. The van der Waals surface area contributed by atoms with Crippen molar-refractivity contribution < 1.29 is 23.9 Å². The van der Waals surface area contributed by atoms with Crippen molar-refractivity contribution in [3.63, 3.8) is 0 Å². The van der Waals surface area contributed by atoms with Crippen LogP contribution in [0.15, 0.2) is 24.3 Å². The van der Waals surface area contributed by atoms with E-state index in [0.29, 0.717) is 50.5 Å². The van der Waals surface area contributed by atoms with Gasteiger partial charge in [-0.1, -0.05) is 23.8 Å². The van der Waals surface area contributed by atoms with Gasteiger partial charge in [0.1, 0.15) is 5.15 Å². The Morgan fingerprint density at radius 3 is 2.27 bits per heavy atom. The van der Waals surface area contributed by atoms with Crippen molar-refractivity contribution in [2.24, 2.45) is 17.3 Å². The van der Waals surface area contributed by atoms with Crippen molar-refractivity contribution in [3.05, 3.63) is 35.0 Å². The largest absolute Gasteiger partial charge is 0.481 e. The molecule has 1 aromatic heterocycles. The number of rotatable bonds is 4. The number of hydrogen-bond donors (Lipinski definition) is 0. The van der Waals surface area contributed by atoms with Gasteiger partial charge < -0.3 is 19.3 Å². The quantitative estimate of drug-likeness (QED) is 0.378. The molecule has 0 bridgehead atoms.